The first-order chi connectivity index (χ1) is 15.4. The summed E-state index contributed by atoms with van der Waals surface area (Å²) in [7, 11) is -2.32. The molecule has 1 aliphatic heterocycles. The van der Waals surface area contributed by atoms with E-state index in [-0.39, 0.29) is 30.3 Å². The van der Waals surface area contributed by atoms with Gasteiger partial charge in [0.05, 0.1) is 6.26 Å². The number of nitrogens with zero attached hydrogens (tertiary/aromatic N) is 5. The van der Waals surface area contributed by atoms with Crippen LogP contribution in [0.15, 0.2) is 24.5 Å². The minimum absolute atomic E-state index is 0.0134. The van der Waals surface area contributed by atoms with Crippen LogP contribution in [0.2, 0.25) is 0 Å². The zero-order valence-electron chi connectivity index (χ0n) is 18.2. The maximum Gasteiger partial charge on any atom is 0.421 e. The van der Waals surface area contributed by atoms with Gasteiger partial charge in [0, 0.05) is 57.6 Å². The van der Waals surface area contributed by atoms with Crippen LogP contribution in [0, 0.1) is 0 Å². The number of rotatable bonds is 7. The highest BCUT2D eigenvalue weighted by atomic mass is 32.2. The summed E-state index contributed by atoms with van der Waals surface area (Å²) in [6.07, 6.45) is -1.02. The maximum atomic E-state index is 13.5. The normalized spacial score (nSPS) is 16.5. The fourth-order valence-corrected chi connectivity index (χ4v) is 3.81. The highest BCUT2D eigenvalue weighted by molar-refractivity contribution is 7.92. The molecule has 2 aromatic rings. The van der Waals surface area contributed by atoms with E-state index in [9.17, 15) is 26.4 Å². The minimum atomic E-state index is -4.71. The molecule has 1 fully saturated rings. The lowest BCUT2D eigenvalue weighted by Gasteiger charge is -2.20. The second kappa shape index (κ2) is 9.37. The molecule has 3 rings (SSSR count). The van der Waals surface area contributed by atoms with E-state index in [0.29, 0.717) is 31.3 Å². The molecule has 180 valence electrons. The monoisotopic (exact) mass is 487 g/mol. The van der Waals surface area contributed by atoms with Crippen molar-refractivity contribution >= 4 is 33.5 Å². The van der Waals surface area contributed by atoms with E-state index in [1.54, 1.807) is 17.0 Å². The third-order valence-electron chi connectivity index (χ3n) is 5.17. The molecule has 1 aliphatic rings. The Bertz CT molecular complexity index is 1130. The van der Waals surface area contributed by atoms with Gasteiger partial charge in [-0.3, -0.25) is 9.10 Å². The number of halogens is 3. The van der Waals surface area contributed by atoms with Gasteiger partial charge in [0.15, 0.2) is 0 Å². The van der Waals surface area contributed by atoms with Gasteiger partial charge in [-0.1, -0.05) is 6.07 Å². The second-order valence-corrected chi connectivity index (χ2v) is 9.63. The Morgan fingerprint density at radius 2 is 2.06 bits per heavy atom. The van der Waals surface area contributed by atoms with Gasteiger partial charge in [0.25, 0.3) is 0 Å². The summed E-state index contributed by atoms with van der Waals surface area (Å²) in [6.45, 7) is 2.23. The zero-order valence-corrected chi connectivity index (χ0v) is 19.0. The average Bonchev–Trinajstić information content (AvgIpc) is 3.19. The van der Waals surface area contributed by atoms with E-state index in [1.807, 2.05) is 0 Å². The van der Waals surface area contributed by atoms with Gasteiger partial charge in [0.2, 0.25) is 21.9 Å². The van der Waals surface area contributed by atoms with Gasteiger partial charge in [-0.2, -0.15) is 18.2 Å². The molecule has 3 heterocycles. The van der Waals surface area contributed by atoms with Gasteiger partial charge in [0.1, 0.15) is 17.2 Å². The van der Waals surface area contributed by atoms with Crippen LogP contribution < -0.4 is 14.9 Å². The van der Waals surface area contributed by atoms with Crippen molar-refractivity contribution in [1.82, 2.24) is 19.9 Å². The Balaban J connectivity index is 1.84. The average molecular weight is 488 g/mol. The van der Waals surface area contributed by atoms with E-state index < -0.39 is 27.6 Å². The lowest BCUT2D eigenvalue weighted by Crippen LogP contribution is -2.30. The van der Waals surface area contributed by atoms with Crippen LogP contribution in [0.25, 0.3) is 0 Å². The van der Waals surface area contributed by atoms with Crippen LogP contribution in [-0.2, 0) is 27.5 Å². The Hall–Kier alpha value is -3.16. The summed E-state index contributed by atoms with van der Waals surface area (Å²) in [4.78, 5) is 25.0. The third-order valence-corrected chi connectivity index (χ3v) is 6.34. The molecule has 0 spiro atoms. The van der Waals surface area contributed by atoms with Crippen molar-refractivity contribution in [3.05, 3.63) is 35.7 Å². The zero-order chi connectivity index (χ0) is 24.4. The SMILES string of the molecule is CC(=O)N1CC[C@@H](Nc2ncc(C(F)(F)F)c(NCc3cccnc3N(C)S(C)(=O)=O)n2)C1. The summed E-state index contributed by atoms with van der Waals surface area (Å²) >= 11 is 0. The van der Waals surface area contributed by atoms with Crippen LogP contribution in [0.3, 0.4) is 0 Å². The molecule has 2 aromatic heterocycles. The molecular formula is C19H24F3N7O3S. The Morgan fingerprint density at radius 3 is 2.67 bits per heavy atom. The molecular weight excluding hydrogens is 463 g/mol. The number of hydrogen-bond acceptors (Lipinski definition) is 8. The summed E-state index contributed by atoms with van der Waals surface area (Å²) in [5.41, 5.74) is -0.702. The van der Waals surface area contributed by atoms with Crippen molar-refractivity contribution in [1.29, 1.82) is 0 Å². The number of nitrogens with one attached hydrogen (secondary N) is 2. The number of amides is 1. The number of pyridine rings is 1. The van der Waals surface area contributed by atoms with Crippen LogP contribution >= 0.6 is 0 Å². The quantitative estimate of drug-likeness (QED) is 0.608. The molecule has 33 heavy (non-hydrogen) atoms. The molecule has 1 amide bonds. The van der Waals surface area contributed by atoms with Crippen molar-refractivity contribution in [3.63, 3.8) is 0 Å². The van der Waals surface area contributed by atoms with E-state index >= 15 is 0 Å². The molecule has 14 heteroatoms. The number of carbonyl (C=O) groups excluding carboxylic acids is 1. The van der Waals surface area contributed by atoms with Crippen LogP contribution in [0.1, 0.15) is 24.5 Å². The number of carbonyl (C=O) groups is 1. The van der Waals surface area contributed by atoms with Crippen molar-refractivity contribution in [2.24, 2.45) is 0 Å². The first-order valence-electron chi connectivity index (χ1n) is 9.94. The molecule has 0 saturated carbocycles. The summed E-state index contributed by atoms with van der Waals surface area (Å²) < 4.78 is 65.3. The number of hydrogen-bond donors (Lipinski definition) is 2. The minimum Gasteiger partial charge on any atom is -0.365 e. The predicted octanol–water partition coefficient (Wildman–Crippen LogP) is 1.93. The summed E-state index contributed by atoms with van der Waals surface area (Å²) in [5, 5.41) is 5.61. The van der Waals surface area contributed by atoms with E-state index in [2.05, 4.69) is 25.6 Å². The number of anilines is 3. The smallest absolute Gasteiger partial charge is 0.365 e. The molecule has 0 aliphatic carbocycles. The third kappa shape index (κ3) is 6.00. The lowest BCUT2D eigenvalue weighted by atomic mass is 10.2. The Kier molecular flexibility index (Phi) is 6.95. The standard InChI is InChI=1S/C19H24F3N7O3S/c1-12(30)29-8-6-14(11-29)26-18-25-10-15(19(20,21)22)16(27-18)24-9-13-5-4-7-23-17(13)28(2)33(3,31)32/h4-5,7,10,14H,6,8-9,11H2,1-3H3,(H2,24,25,26,27)/t14-/m1/s1. The molecule has 0 aromatic carbocycles. The number of aromatic nitrogens is 3. The summed E-state index contributed by atoms with van der Waals surface area (Å²) in [5.74, 6) is -0.469. The van der Waals surface area contributed by atoms with Crippen LogP contribution in [0.5, 0.6) is 0 Å². The molecule has 2 N–H and O–H groups in total. The van der Waals surface area contributed by atoms with Gasteiger partial charge in [-0.25, -0.2) is 18.4 Å². The largest absolute Gasteiger partial charge is 0.421 e. The van der Waals surface area contributed by atoms with Crippen molar-refractivity contribution in [3.8, 4) is 0 Å². The Labute approximate surface area is 189 Å². The lowest BCUT2D eigenvalue weighted by molar-refractivity contribution is -0.137. The topological polar surface area (TPSA) is 120 Å². The van der Waals surface area contributed by atoms with E-state index in [1.165, 1.54) is 20.2 Å². The highest BCUT2D eigenvalue weighted by Crippen LogP contribution is 2.34. The van der Waals surface area contributed by atoms with Crippen molar-refractivity contribution in [2.75, 3.05) is 41.3 Å². The second-order valence-electron chi connectivity index (χ2n) is 7.62. The maximum absolute atomic E-state index is 13.5. The fourth-order valence-electron chi connectivity index (χ4n) is 3.33. The van der Waals surface area contributed by atoms with Gasteiger partial charge < -0.3 is 15.5 Å². The molecule has 10 nitrogen and oxygen atoms in total. The van der Waals surface area contributed by atoms with E-state index in [4.69, 9.17) is 0 Å². The predicted molar refractivity (Wildman–Crippen MR) is 116 cm³/mol. The van der Waals surface area contributed by atoms with Crippen molar-refractivity contribution in [2.45, 2.75) is 32.1 Å². The van der Waals surface area contributed by atoms with Gasteiger partial charge in [-0.15, -0.1) is 0 Å². The number of sulfonamides is 1. The molecule has 0 bridgehead atoms. The number of likely N-dealkylation sites (tertiary alicyclic amines) is 1. The highest BCUT2D eigenvalue weighted by Gasteiger charge is 2.35. The number of alkyl halides is 3. The van der Waals surface area contributed by atoms with Crippen LogP contribution in [-0.4, -0.2) is 66.6 Å². The molecule has 1 saturated heterocycles. The van der Waals surface area contributed by atoms with Crippen molar-refractivity contribution < 1.29 is 26.4 Å². The van der Waals surface area contributed by atoms with Crippen LogP contribution in [0.4, 0.5) is 30.8 Å². The van der Waals surface area contributed by atoms with E-state index in [0.717, 1.165) is 10.6 Å². The molecule has 0 unspecified atom stereocenters. The van der Waals surface area contributed by atoms with Gasteiger partial charge in [-0.05, 0) is 12.5 Å². The first-order valence-corrected chi connectivity index (χ1v) is 11.8. The Morgan fingerprint density at radius 1 is 1.33 bits per heavy atom. The fraction of sp³-hybridized carbons (Fsp3) is 0.474. The summed E-state index contributed by atoms with van der Waals surface area (Å²) in [6, 6.07) is 2.92. The molecule has 1 atom stereocenters. The van der Waals surface area contributed by atoms with Gasteiger partial charge >= 0.3 is 6.18 Å². The molecule has 0 radical (unpaired) electrons. The first kappa shape index (κ1) is 24.5.